The maximum Gasteiger partial charge on any atom is 0.273 e. The second kappa shape index (κ2) is 9.02. The molecule has 2 rings (SSSR count). The number of hydrogen-bond donors (Lipinski definition) is 1. The fourth-order valence-corrected chi connectivity index (χ4v) is 2.43. The third kappa shape index (κ3) is 5.08. The Hall–Kier alpha value is -2.84. The summed E-state index contributed by atoms with van der Waals surface area (Å²) in [6, 6.07) is 8.80. The van der Waals surface area contributed by atoms with E-state index in [-0.39, 0.29) is 23.7 Å². The largest absolute Gasteiger partial charge is 0.494 e. The van der Waals surface area contributed by atoms with Crippen molar-refractivity contribution in [3.05, 3.63) is 62.1 Å². The summed E-state index contributed by atoms with van der Waals surface area (Å²) in [7, 11) is 1.33. The lowest BCUT2D eigenvalue weighted by molar-refractivity contribution is -0.384. The molecule has 2 aromatic carbocycles. The number of non-ortho nitro benzene ring substituents is 1. The van der Waals surface area contributed by atoms with Crippen molar-refractivity contribution in [2.45, 2.75) is 6.61 Å². The highest BCUT2D eigenvalue weighted by Gasteiger charge is 2.12. The molecular weight excluding hydrogens is 385 g/mol. The number of nitro groups is 1. The number of nitrogens with one attached hydrogen (secondary N) is 1. The molecule has 0 aliphatic carbocycles. The van der Waals surface area contributed by atoms with Gasteiger partial charge in [0.25, 0.3) is 11.6 Å². The molecule has 136 valence electrons. The Balaban J connectivity index is 1.96. The second-order valence-electron chi connectivity index (χ2n) is 4.84. The van der Waals surface area contributed by atoms with Gasteiger partial charge in [-0.25, -0.2) is 0 Å². The van der Waals surface area contributed by atoms with Gasteiger partial charge in [-0.1, -0.05) is 34.4 Å². The van der Waals surface area contributed by atoms with Crippen LogP contribution in [0.2, 0.25) is 10.0 Å². The topological polar surface area (TPSA) is 103 Å². The number of oxime groups is 1. The molecule has 0 heterocycles. The van der Waals surface area contributed by atoms with Gasteiger partial charge in [0.1, 0.15) is 18.6 Å². The lowest BCUT2D eigenvalue weighted by Gasteiger charge is -2.08. The Morgan fingerprint density at radius 3 is 2.62 bits per heavy atom. The molecule has 0 saturated heterocycles. The van der Waals surface area contributed by atoms with Gasteiger partial charge in [0.2, 0.25) is 0 Å². The molecule has 0 bridgehead atoms. The Morgan fingerprint density at radius 2 is 2.00 bits per heavy atom. The van der Waals surface area contributed by atoms with Crippen molar-refractivity contribution >= 4 is 46.7 Å². The molecule has 0 aromatic heterocycles. The van der Waals surface area contributed by atoms with Crippen LogP contribution in [0.25, 0.3) is 0 Å². The van der Waals surface area contributed by atoms with Crippen LogP contribution in [-0.4, -0.2) is 24.2 Å². The van der Waals surface area contributed by atoms with E-state index in [1.54, 1.807) is 18.2 Å². The fraction of sp³-hybridized carbons (Fsp3) is 0.125. The minimum absolute atomic E-state index is 0.0108. The zero-order chi connectivity index (χ0) is 19.1. The summed E-state index contributed by atoms with van der Waals surface area (Å²) in [5.41, 5.74) is 0.641. The molecule has 0 aliphatic rings. The standard InChI is InChI=1S/C16H13Cl2N3O5/c1-25-15-7-10(21(23)24)5-6-14(15)20-16(22)8-19-26-9-11-12(17)3-2-4-13(11)18/h2-8H,9H2,1H3,(H,20,22)/b19-8-. The molecule has 1 amide bonds. The number of halogens is 2. The highest BCUT2D eigenvalue weighted by atomic mass is 35.5. The van der Waals surface area contributed by atoms with Gasteiger partial charge in [-0.2, -0.15) is 0 Å². The SMILES string of the molecule is COc1cc([N+](=O)[O-])ccc1NC(=O)/C=N\OCc1c(Cl)cccc1Cl. The molecule has 2 aromatic rings. The molecule has 8 nitrogen and oxygen atoms in total. The number of carbonyl (C=O) groups excluding carboxylic acids is 1. The lowest BCUT2D eigenvalue weighted by atomic mass is 10.2. The quantitative estimate of drug-likeness (QED) is 0.431. The van der Waals surface area contributed by atoms with Crippen LogP contribution >= 0.6 is 23.2 Å². The van der Waals surface area contributed by atoms with Crippen LogP contribution in [0.3, 0.4) is 0 Å². The van der Waals surface area contributed by atoms with Crippen LogP contribution < -0.4 is 10.1 Å². The van der Waals surface area contributed by atoms with E-state index in [9.17, 15) is 14.9 Å². The number of anilines is 1. The first-order chi connectivity index (χ1) is 12.4. The number of ether oxygens (including phenoxy) is 1. The van der Waals surface area contributed by atoms with Gasteiger partial charge in [-0.3, -0.25) is 14.9 Å². The van der Waals surface area contributed by atoms with Crippen LogP contribution in [0.4, 0.5) is 11.4 Å². The smallest absolute Gasteiger partial charge is 0.273 e. The molecule has 0 atom stereocenters. The van der Waals surface area contributed by atoms with E-state index in [1.165, 1.54) is 25.3 Å². The van der Waals surface area contributed by atoms with Gasteiger partial charge in [0, 0.05) is 21.7 Å². The van der Waals surface area contributed by atoms with Gasteiger partial charge in [-0.15, -0.1) is 0 Å². The lowest BCUT2D eigenvalue weighted by Crippen LogP contribution is -2.13. The Kier molecular flexibility index (Phi) is 6.76. The number of amides is 1. The molecule has 26 heavy (non-hydrogen) atoms. The number of rotatable bonds is 7. The van der Waals surface area contributed by atoms with Crippen molar-refractivity contribution in [3.8, 4) is 5.75 Å². The molecule has 0 radical (unpaired) electrons. The summed E-state index contributed by atoms with van der Waals surface area (Å²) in [6.07, 6.45) is 0.908. The van der Waals surface area contributed by atoms with Gasteiger partial charge >= 0.3 is 0 Å². The van der Waals surface area contributed by atoms with Crippen molar-refractivity contribution in [3.63, 3.8) is 0 Å². The first-order valence-corrected chi connectivity index (χ1v) is 7.89. The summed E-state index contributed by atoms with van der Waals surface area (Å²) in [5.74, 6) is -0.466. The number of hydrogen-bond acceptors (Lipinski definition) is 6. The zero-order valence-corrected chi connectivity index (χ0v) is 15.0. The van der Waals surface area contributed by atoms with Crippen LogP contribution in [0.1, 0.15) is 5.56 Å². The van der Waals surface area contributed by atoms with Gasteiger partial charge in [-0.05, 0) is 18.2 Å². The monoisotopic (exact) mass is 397 g/mol. The van der Waals surface area contributed by atoms with Crippen molar-refractivity contribution in [1.29, 1.82) is 0 Å². The van der Waals surface area contributed by atoms with E-state index in [2.05, 4.69) is 10.5 Å². The van der Waals surface area contributed by atoms with Crippen LogP contribution in [0.5, 0.6) is 5.75 Å². The van der Waals surface area contributed by atoms with Crippen molar-refractivity contribution in [2.75, 3.05) is 12.4 Å². The number of nitro benzene ring substituents is 1. The zero-order valence-electron chi connectivity index (χ0n) is 13.4. The van der Waals surface area contributed by atoms with E-state index < -0.39 is 10.8 Å². The third-order valence-electron chi connectivity index (χ3n) is 3.17. The molecule has 1 N–H and O–H groups in total. The molecule has 0 aliphatic heterocycles. The number of carbonyl (C=O) groups is 1. The minimum Gasteiger partial charge on any atom is -0.494 e. The second-order valence-corrected chi connectivity index (χ2v) is 5.65. The number of methoxy groups -OCH3 is 1. The van der Waals surface area contributed by atoms with Crippen molar-refractivity contribution in [2.24, 2.45) is 5.16 Å². The summed E-state index contributed by atoms with van der Waals surface area (Å²) in [6.45, 7) is -0.0108. The van der Waals surface area contributed by atoms with E-state index in [1.807, 2.05) is 0 Å². The average molecular weight is 398 g/mol. The first kappa shape index (κ1) is 19.5. The number of nitrogens with zero attached hydrogens (tertiary/aromatic N) is 2. The highest BCUT2D eigenvalue weighted by molar-refractivity contribution is 6.36. The van der Waals surface area contributed by atoms with E-state index >= 15 is 0 Å². The summed E-state index contributed by atoms with van der Waals surface area (Å²) in [5, 5.41) is 17.6. The van der Waals surface area contributed by atoms with E-state index in [4.69, 9.17) is 32.8 Å². The summed E-state index contributed by atoms with van der Waals surface area (Å²) >= 11 is 12.0. The maximum absolute atomic E-state index is 11.9. The normalized spacial score (nSPS) is 10.6. The average Bonchev–Trinajstić information content (AvgIpc) is 2.60. The molecular formula is C16H13Cl2N3O5. The molecule has 0 fully saturated rings. The molecule has 0 saturated carbocycles. The van der Waals surface area contributed by atoms with Gasteiger partial charge in [0.05, 0.1) is 23.8 Å². The van der Waals surface area contributed by atoms with Gasteiger partial charge < -0.3 is 14.9 Å². The minimum atomic E-state index is -0.609. The fourth-order valence-electron chi connectivity index (χ4n) is 1.92. The highest BCUT2D eigenvalue weighted by Crippen LogP contribution is 2.29. The maximum atomic E-state index is 11.9. The molecule has 0 spiro atoms. The molecule has 0 unspecified atom stereocenters. The Bertz CT molecular complexity index is 838. The Morgan fingerprint density at radius 1 is 1.31 bits per heavy atom. The van der Waals surface area contributed by atoms with Crippen molar-refractivity contribution in [1.82, 2.24) is 0 Å². The van der Waals surface area contributed by atoms with Crippen LogP contribution in [0, 0.1) is 10.1 Å². The summed E-state index contributed by atoms with van der Waals surface area (Å²) in [4.78, 5) is 27.1. The number of benzene rings is 2. The van der Waals surface area contributed by atoms with Gasteiger partial charge in [0.15, 0.2) is 0 Å². The van der Waals surface area contributed by atoms with E-state index in [0.29, 0.717) is 15.6 Å². The third-order valence-corrected chi connectivity index (χ3v) is 3.88. The predicted molar refractivity (Wildman–Crippen MR) is 98.0 cm³/mol. The molecule has 10 heteroatoms. The first-order valence-electron chi connectivity index (χ1n) is 7.14. The van der Waals surface area contributed by atoms with Crippen LogP contribution in [-0.2, 0) is 16.2 Å². The Labute approximate surface area is 158 Å². The van der Waals surface area contributed by atoms with E-state index in [0.717, 1.165) is 6.21 Å². The van der Waals surface area contributed by atoms with Crippen molar-refractivity contribution < 1.29 is 19.3 Å². The predicted octanol–water partition coefficient (Wildman–Crippen LogP) is 4.05. The summed E-state index contributed by atoms with van der Waals surface area (Å²) < 4.78 is 5.02. The van der Waals surface area contributed by atoms with Crippen LogP contribution in [0.15, 0.2) is 41.6 Å².